The first-order valence-corrected chi connectivity index (χ1v) is 3.07. The highest BCUT2D eigenvalue weighted by Crippen LogP contribution is 2.41. The molecular weight excluding hydrogens is 116 g/mol. The van der Waals surface area contributed by atoms with Crippen LogP contribution in [0.25, 0.3) is 0 Å². The van der Waals surface area contributed by atoms with Crippen molar-refractivity contribution in [1.29, 1.82) is 0 Å². The summed E-state index contributed by atoms with van der Waals surface area (Å²) in [6, 6.07) is 0. The maximum absolute atomic E-state index is 5.53. The fraction of sp³-hybridized carbons (Fsp3) is 0.500. The summed E-state index contributed by atoms with van der Waals surface area (Å²) in [6.07, 6.45) is 3.93. The third-order valence-corrected chi connectivity index (χ3v) is 1.59. The molecule has 1 fully saturated rings. The molecule has 0 radical (unpaired) electrons. The Bertz CT molecular complexity index is 215. The van der Waals surface area contributed by atoms with Crippen LogP contribution in [-0.4, -0.2) is 5.16 Å². The van der Waals surface area contributed by atoms with E-state index < -0.39 is 0 Å². The molecule has 2 N–H and O–H groups in total. The zero-order valence-electron chi connectivity index (χ0n) is 5.00. The number of nitrogens with two attached hydrogens (primary N) is 1. The molecule has 1 aliphatic carbocycles. The molecule has 0 atom stereocenters. The number of nitrogens with zero attached hydrogens (tertiary/aromatic N) is 1. The van der Waals surface area contributed by atoms with Crippen molar-refractivity contribution in [2.45, 2.75) is 18.8 Å². The minimum Gasteiger partial charge on any atom is -0.395 e. The Balaban J connectivity index is 2.35. The topological polar surface area (TPSA) is 52.0 Å². The number of hydrogen-bond acceptors (Lipinski definition) is 3. The highest BCUT2D eigenvalue weighted by molar-refractivity contribution is 5.42. The van der Waals surface area contributed by atoms with Gasteiger partial charge in [0.25, 0.3) is 0 Å². The van der Waals surface area contributed by atoms with Crippen molar-refractivity contribution in [2.75, 3.05) is 5.73 Å². The molecule has 3 nitrogen and oxygen atoms in total. The van der Waals surface area contributed by atoms with Crippen molar-refractivity contribution in [2.24, 2.45) is 0 Å². The molecule has 48 valence electrons. The van der Waals surface area contributed by atoms with Crippen LogP contribution in [0.1, 0.15) is 24.5 Å². The van der Waals surface area contributed by atoms with Crippen LogP contribution >= 0.6 is 0 Å². The monoisotopic (exact) mass is 124 g/mol. The highest BCUT2D eigenvalue weighted by atomic mass is 16.5. The summed E-state index contributed by atoms with van der Waals surface area (Å²) in [5.74, 6) is 0.601. The van der Waals surface area contributed by atoms with Gasteiger partial charge in [-0.2, -0.15) is 0 Å². The van der Waals surface area contributed by atoms with Crippen LogP contribution in [0.2, 0.25) is 0 Å². The lowest BCUT2D eigenvalue weighted by atomic mass is 10.3. The molecule has 2 rings (SSSR count). The second kappa shape index (κ2) is 1.50. The molecule has 9 heavy (non-hydrogen) atoms. The minimum absolute atomic E-state index is 0.601. The average Bonchev–Trinajstić information content (AvgIpc) is 2.58. The van der Waals surface area contributed by atoms with Gasteiger partial charge in [-0.15, -0.1) is 0 Å². The van der Waals surface area contributed by atoms with E-state index in [1.54, 1.807) is 0 Å². The Labute approximate surface area is 52.8 Å². The Morgan fingerprint density at radius 2 is 2.44 bits per heavy atom. The maximum atomic E-state index is 5.53. The van der Waals surface area contributed by atoms with E-state index in [0.717, 1.165) is 5.69 Å². The van der Waals surface area contributed by atoms with Gasteiger partial charge < -0.3 is 10.3 Å². The summed E-state index contributed by atoms with van der Waals surface area (Å²) in [5.41, 5.74) is 7.18. The highest BCUT2D eigenvalue weighted by Gasteiger charge is 2.28. The number of anilines is 1. The molecule has 0 spiro atoms. The van der Waals surface area contributed by atoms with Crippen LogP contribution in [0.4, 0.5) is 5.69 Å². The van der Waals surface area contributed by atoms with Gasteiger partial charge in [-0.25, -0.2) is 0 Å². The van der Waals surface area contributed by atoms with E-state index in [1.165, 1.54) is 19.1 Å². The van der Waals surface area contributed by atoms with Gasteiger partial charge in [0.1, 0.15) is 12.0 Å². The molecular formula is C6H8N2O. The van der Waals surface area contributed by atoms with Gasteiger partial charge in [0, 0.05) is 5.92 Å². The average molecular weight is 124 g/mol. The first-order valence-electron chi connectivity index (χ1n) is 3.07. The minimum atomic E-state index is 0.601. The lowest BCUT2D eigenvalue weighted by molar-refractivity contribution is 0.412. The molecule has 1 heterocycles. The Kier molecular flexibility index (Phi) is 0.806. The standard InChI is InChI=1S/C6H8N2O/c7-5-3-9-8-6(5)4-1-2-4/h3-4H,1-2,7H2. The Morgan fingerprint density at radius 3 is 2.89 bits per heavy atom. The smallest absolute Gasteiger partial charge is 0.147 e. The summed E-state index contributed by atoms with van der Waals surface area (Å²) >= 11 is 0. The third-order valence-electron chi connectivity index (χ3n) is 1.59. The predicted octanol–water partition coefficient (Wildman–Crippen LogP) is 1.13. The largest absolute Gasteiger partial charge is 0.395 e. The molecule has 0 bridgehead atoms. The molecule has 0 saturated heterocycles. The molecule has 1 aromatic rings. The number of aromatic nitrogens is 1. The van der Waals surface area contributed by atoms with E-state index in [-0.39, 0.29) is 0 Å². The molecule has 0 amide bonds. The van der Waals surface area contributed by atoms with E-state index in [1.807, 2.05) is 0 Å². The van der Waals surface area contributed by atoms with Gasteiger partial charge in [0.05, 0.1) is 5.69 Å². The van der Waals surface area contributed by atoms with Gasteiger partial charge >= 0.3 is 0 Å². The van der Waals surface area contributed by atoms with Crippen LogP contribution in [-0.2, 0) is 0 Å². The summed E-state index contributed by atoms with van der Waals surface area (Å²) < 4.78 is 4.67. The van der Waals surface area contributed by atoms with E-state index >= 15 is 0 Å². The lowest BCUT2D eigenvalue weighted by Gasteiger charge is -1.86. The molecule has 0 aliphatic heterocycles. The van der Waals surface area contributed by atoms with Gasteiger partial charge in [-0.1, -0.05) is 5.16 Å². The van der Waals surface area contributed by atoms with Gasteiger partial charge in [-0.05, 0) is 12.8 Å². The van der Waals surface area contributed by atoms with Crippen molar-refractivity contribution in [3.63, 3.8) is 0 Å². The molecule has 1 saturated carbocycles. The third kappa shape index (κ3) is 0.686. The lowest BCUT2D eigenvalue weighted by Crippen LogP contribution is -1.87. The molecule has 1 aromatic heterocycles. The molecule has 3 heteroatoms. The van der Waals surface area contributed by atoms with Crippen LogP contribution in [0.5, 0.6) is 0 Å². The maximum Gasteiger partial charge on any atom is 0.147 e. The summed E-state index contributed by atoms with van der Waals surface area (Å²) in [5, 5.41) is 3.78. The molecule has 1 aliphatic rings. The number of rotatable bonds is 1. The predicted molar refractivity (Wildman–Crippen MR) is 32.9 cm³/mol. The van der Waals surface area contributed by atoms with E-state index in [0.29, 0.717) is 11.6 Å². The SMILES string of the molecule is Nc1conc1C1CC1. The fourth-order valence-electron chi connectivity index (χ4n) is 0.920. The van der Waals surface area contributed by atoms with Crippen LogP contribution in [0.3, 0.4) is 0 Å². The summed E-state index contributed by atoms with van der Waals surface area (Å²) in [7, 11) is 0. The zero-order valence-corrected chi connectivity index (χ0v) is 5.00. The van der Waals surface area contributed by atoms with Crippen molar-refractivity contribution in [1.82, 2.24) is 5.16 Å². The fourth-order valence-corrected chi connectivity index (χ4v) is 0.920. The van der Waals surface area contributed by atoms with E-state index in [9.17, 15) is 0 Å². The normalized spacial score (nSPS) is 18.2. The second-order valence-corrected chi connectivity index (χ2v) is 2.43. The first-order chi connectivity index (χ1) is 4.38. The van der Waals surface area contributed by atoms with Crippen LogP contribution in [0.15, 0.2) is 10.8 Å². The Morgan fingerprint density at radius 1 is 1.67 bits per heavy atom. The van der Waals surface area contributed by atoms with Crippen molar-refractivity contribution >= 4 is 5.69 Å². The zero-order chi connectivity index (χ0) is 6.27. The summed E-state index contributed by atoms with van der Waals surface area (Å²) in [6.45, 7) is 0. The van der Waals surface area contributed by atoms with Gasteiger partial charge in [0.15, 0.2) is 0 Å². The van der Waals surface area contributed by atoms with Crippen LogP contribution in [0, 0.1) is 0 Å². The number of nitrogen functional groups attached to an aromatic ring is 1. The van der Waals surface area contributed by atoms with E-state index in [4.69, 9.17) is 5.73 Å². The Hall–Kier alpha value is -0.990. The van der Waals surface area contributed by atoms with Gasteiger partial charge in [0.2, 0.25) is 0 Å². The summed E-state index contributed by atoms with van der Waals surface area (Å²) in [4.78, 5) is 0. The molecule has 0 aromatic carbocycles. The first kappa shape index (κ1) is 4.85. The second-order valence-electron chi connectivity index (χ2n) is 2.43. The quantitative estimate of drug-likeness (QED) is 0.610. The van der Waals surface area contributed by atoms with Crippen molar-refractivity contribution in [3.8, 4) is 0 Å². The van der Waals surface area contributed by atoms with Crippen molar-refractivity contribution < 1.29 is 4.52 Å². The van der Waals surface area contributed by atoms with E-state index in [2.05, 4.69) is 9.68 Å². The molecule has 0 unspecified atom stereocenters. The van der Waals surface area contributed by atoms with Crippen molar-refractivity contribution in [3.05, 3.63) is 12.0 Å². The van der Waals surface area contributed by atoms with Gasteiger partial charge in [-0.3, -0.25) is 0 Å². The van der Waals surface area contributed by atoms with Crippen LogP contribution < -0.4 is 5.73 Å². The number of hydrogen-bond donors (Lipinski definition) is 1.